The van der Waals surface area contributed by atoms with E-state index in [2.05, 4.69) is 10.2 Å². The van der Waals surface area contributed by atoms with Gasteiger partial charge in [0, 0.05) is 11.4 Å². The molecule has 0 aromatic heterocycles. The van der Waals surface area contributed by atoms with Crippen LogP contribution < -0.4 is 25.0 Å². The second-order valence-corrected chi connectivity index (χ2v) is 8.69. The Morgan fingerprint density at radius 3 is 2.21 bits per heavy atom. The molecule has 1 aliphatic rings. The first kappa shape index (κ1) is 21.1. The van der Waals surface area contributed by atoms with Gasteiger partial charge in [0.25, 0.3) is 5.91 Å². The summed E-state index contributed by atoms with van der Waals surface area (Å²) in [6.07, 6.45) is 0. The monoisotopic (exact) mass is 419 g/mol. The number of hydrogen-bond donors (Lipinski definition) is 3. The van der Waals surface area contributed by atoms with E-state index in [-0.39, 0.29) is 16.8 Å². The number of piperazine rings is 1. The van der Waals surface area contributed by atoms with E-state index >= 15 is 0 Å². The van der Waals surface area contributed by atoms with E-state index in [1.165, 1.54) is 17.0 Å². The third-order valence-corrected chi connectivity index (χ3v) is 6.23. The summed E-state index contributed by atoms with van der Waals surface area (Å²) in [7, 11) is -2.09. The van der Waals surface area contributed by atoms with E-state index in [0.29, 0.717) is 5.69 Å². The molecule has 1 aliphatic heterocycles. The zero-order chi connectivity index (χ0) is 21.0. The van der Waals surface area contributed by atoms with Gasteiger partial charge in [0.2, 0.25) is 10.0 Å². The van der Waals surface area contributed by atoms with E-state index < -0.39 is 10.0 Å². The lowest BCUT2D eigenvalue weighted by molar-refractivity contribution is -0.914. The molecule has 2 aromatic carbocycles. The predicted octanol–water partition coefficient (Wildman–Crippen LogP) is 0.0747. The lowest BCUT2D eigenvalue weighted by Crippen LogP contribution is -3.19. The molecule has 1 amide bonds. The highest BCUT2D eigenvalue weighted by Crippen LogP contribution is 2.19. The summed E-state index contributed by atoms with van der Waals surface area (Å²) < 4.78 is 27.8. The Labute approximate surface area is 171 Å². The minimum absolute atomic E-state index is 0.0174. The normalized spacial score (nSPS) is 16.3. The quantitative estimate of drug-likeness (QED) is 0.615. The third kappa shape index (κ3) is 5.26. The molecule has 4 N–H and O–H groups in total. The molecule has 0 unspecified atom stereocenters. The van der Waals surface area contributed by atoms with E-state index in [9.17, 15) is 13.2 Å². The van der Waals surface area contributed by atoms with Gasteiger partial charge in [0.1, 0.15) is 5.75 Å². The number of quaternary nitrogens is 1. The average Bonchev–Trinajstić information content (AvgIpc) is 2.73. The number of hydrogen-bond acceptors (Lipinski definition) is 5. The van der Waals surface area contributed by atoms with Gasteiger partial charge in [0.05, 0.1) is 38.2 Å². The summed E-state index contributed by atoms with van der Waals surface area (Å²) >= 11 is 0. The smallest absolute Gasteiger partial charge is 0.282 e. The van der Waals surface area contributed by atoms with Crippen LogP contribution in [0.4, 0.5) is 11.4 Å². The first-order chi connectivity index (χ1) is 13.8. The summed E-state index contributed by atoms with van der Waals surface area (Å²) in [5.41, 5.74) is 1.70. The second kappa shape index (κ2) is 8.81. The number of primary sulfonamides is 1. The summed E-state index contributed by atoms with van der Waals surface area (Å²) in [5.74, 6) is 0.738. The third-order valence-electron chi connectivity index (χ3n) is 5.30. The van der Waals surface area contributed by atoms with Crippen molar-refractivity contribution in [1.29, 1.82) is 0 Å². The number of benzene rings is 2. The zero-order valence-electron chi connectivity index (χ0n) is 16.6. The Kier molecular flexibility index (Phi) is 6.41. The summed E-state index contributed by atoms with van der Waals surface area (Å²) in [4.78, 5) is 16.2. The molecule has 3 rings (SSSR count). The first-order valence-electron chi connectivity index (χ1n) is 9.45. The van der Waals surface area contributed by atoms with E-state index in [1.807, 2.05) is 31.2 Å². The van der Waals surface area contributed by atoms with Crippen molar-refractivity contribution in [3.63, 3.8) is 0 Å². The van der Waals surface area contributed by atoms with Gasteiger partial charge in [-0.3, -0.25) is 4.79 Å². The summed E-state index contributed by atoms with van der Waals surface area (Å²) in [5, 5.41) is 7.94. The predicted molar refractivity (Wildman–Crippen MR) is 112 cm³/mol. The molecule has 0 aliphatic carbocycles. The van der Waals surface area contributed by atoms with Crippen LogP contribution in [0.25, 0.3) is 0 Å². The fraction of sp³-hybridized carbons (Fsp3) is 0.350. The number of rotatable bonds is 6. The topological polar surface area (TPSA) is 106 Å². The zero-order valence-corrected chi connectivity index (χ0v) is 17.4. The van der Waals surface area contributed by atoms with Crippen molar-refractivity contribution < 1.29 is 22.8 Å². The second-order valence-electron chi connectivity index (χ2n) is 7.12. The fourth-order valence-electron chi connectivity index (χ4n) is 3.44. The Morgan fingerprint density at radius 1 is 1.10 bits per heavy atom. The van der Waals surface area contributed by atoms with Gasteiger partial charge in [-0.05, 0) is 55.5 Å². The van der Waals surface area contributed by atoms with Gasteiger partial charge in [-0.15, -0.1) is 0 Å². The number of carbonyl (C=O) groups excluding carboxylic acids is 1. The highest BCUT2D eigenvalue weighted by Gasteiger charge is 2.29. The van der Waals surface area contributed by atoms with Gasteiger partial charge in [-0.2, -0.15) is 0 Å². The van der Waals surface area contributed by atoms with Crippen LogP contribution in [0.5, 0.6) is 5.75 Å². The van der Waals surface area contributed by atoms with E-state index in [0.717, 1.165) is 37.6 Å². The van der Waals surface area contributed by atoms with Crippen molar-refractivity contribution >= 4 is 27.3 Å². The highest BCUT2D eigenvalue weighted by molar-refractivity contribution is 7.89. The number of nitrogens with one attached hydrogen (secondary N) is 2. The van der Waals surface area contributed by atoms with Crippen molar-refractivity contribution in [1.82, 2.24) is 0 Å². The molecular weight excluding hydrogens is 392 g/mol. The van der Waals surface area contributed by atoms with Crippen LogP contribution in [0.3, 0.4) is 0 Å². The van der Waals surface area contributed by atoms with Crippen molar-refractivity contribution in [2.75, 3.05) is 43.5 Å². The van der Waals surface area contributed by atoms with Crippen LogP contribution in [0.15, 0.2) is 53.4 Å². The number of methoxy groups -OCH3 is 1. The van der Waals surface area contributed by atoms with Gasteiger partial charge in [-0.1, -0.05) is 0 Å². The van der Waals surface area contributed by atoms with E-state index in [4.69, 9.17) is 9.88 Å². The number of nitrogens with zero attached hydrogens (tertiary/aromatic N) is 1. The molecule has 0 radical (unpaired) electrons. The van der Waals surface area contributed by atoms with Crippen LogP contribution in [-0.4, -0.2) is 53.7 Å². The molecule has 1 atom stereocenters. The number of amides is 1. The summed E-state index contributed by atoms with van der Waals surface area (Å²) in [6, 6.07) is 13.6. The van der Waals surface area contributed by atoms with Crippen LogP contribution in [-0.2, 0) is 14.8 Å². The molecule has 0 bridgehead atoms. The Bertz CT molecular complexity index is 937. The van der Waals surface area contributed by atoms with Gasteiger partial charge in [0.15, 0.2) is 6.04 Å². The Balaban J connectivity index is 1.54. The molecule has 0 saturated carbocycles. The SMILES string of the molecule is COc1ccc(N2CC[NH+]([C@H](C)C(=O)Nc3ccc(S(N)(=O)=O)cc3)CC2)cc1. The molecule has 9 heteroatoms. The number of carbonyl (C=O) groups is 1. The highest BCUT2D eigenvalue weighted by atomic mass is 32.2. The van der Waals surface area contributed by atoms with Gasteiger partial charge < -0.3 is 19.9 Å². The molecule has 0 spiro atoms. The van der Waals surface area contributed by atoms with Crippen LogP contribution >= 0.6 is 0 Å². The molecule has 1 saturated heterocycles. The van der Waals surface area contributed by atoms with Crippen LogP contribution in [0, 0.1) is 0 Å². The number of anilines is 2. The number of ether oxygens (including phenoxy) is 1. The minimum atomic E-state index is -3.74. The van der Waals surface area contributed by atoms with Crippen molar-refractivity contribution in [2.24, 2.45) is 5.14 Å². The molecule has 8 nitrogen and oxygen atoms in total. The molecule has 1 fully saturated rings. The number of nitrogens with two attached hydrogens (primary N) is 1. The first-order valence-corrected chi connectivity index (χ1v) is 11.0. The largest absolute Gasteiger partial charge is 0.497 e. The lowest BCUT2D eigenvalue weighted by Gasteiger charge is -2.36. The molecule has 156 valence electrons. The fourth-order valence-corrected chi connectivity index (χ4v) is 3.96. The molecule has 1 heterocycles. The van der Waals surface area contributed by atoms with Crippen molar-refractivity contribution in [3.05, 3.63) is 48.5 Å². The molecule has 29 heavy (non-hydrogen) atoms. The maximum absolute atomic E-state index is 12.6. The van der Waals surface area contributed by atoms with Gasteiger partial charge in [-0.25, -0.2) is 13.6 Å². The number of sulfonamides is 1. The minimum Gasteiger partial charge on any atom is -0.497 e. The standard InChI is InChI=1S/C20H26N4O4S/c1-15(20(25)22-16-3-9-19(10-4-16)29(21,26)27)23-11-13-24(14-12-23)17-5-7-18(28-2)8-6-17/h3-10,15H,11-14H2,1-2H3,(H,22,25)(H2,21,26,27)/p+1/t15-/m1/s1. The van der Waals surface area contributed by atoms with E-state index in [1.54, 1.807) is 19.2 Å². The lowest BCUT2D eigenvalue weighted by atomic mass is 10.2. The Morgan fingerprint density at radius 2 is 1.69 bits per heavy atom. The van der Waals surface area contributed by atoms with Crippen molar-refractivity contribution in [2.45, 2.75) is 17.9 Å². The Hall–Kier alpha value is -2.62. The van der Waals surface area contributed by atoms with Gasteiger partial charge >= 0.3 is 0 Å². The average molecular weight is 420 g/mol. The maximum atomic E-state index is 12.6. The summed E-state index contributed by atoms with van der Waals surface area (Å²) in [6.45, 7) is 5.34. The molecule has 2 aromatic rings. The maximum Gasteiger partial charge on any atom is 0.282 e. The van der Waals surface area contributed by atoms with Crippen molar-refractivity contribution in [3.8, 4) is 5.75 Å². The van der Waals surface area contributed by atoms with Crippen LogP contribution in [0.2, 0.25) is 0 Å². The molecular formula is C20H27N4O4S+. The van der Waals surface area contributed by atoms with Crippen LogP contribution in [0.1, 0.15) is 6.92 Å².